The van der Waals surface area contributed by atoms with E-state index in [1.54, 1.807) is 0 Å². The average Bonchev–Trinajstić information content (AvgIpc) is 2.89. The summed E-state index contributed by atoms with van der Waals surface area (Å²) >= 11 is 0. The molecule has 0 spiro atoms. The van der Waals surface area contributed by atoms with Crippen LogP contribution in [0.5, 0.6) is 0 Å². The van der Waals surface area contributed by atoms with Gasteiger partial charge in [-0.3, -0.25) is 4.79 Å². The molecule has 3 saturated heterocycles. The summed E-state index contributed by atoms with van der Waals surface area (Å²) in [4.78, 5) is 13.6. The summed E-state index contributed by atoms with van der Waals surface area (Å²) < 4.78 is 35.8. The highest BCUT2D eigenvalue weighted by Crippen LogP contribution is 2.40. The number of nitrogens with zero attached hydrogens (tertiary/aromatic N) is 1. The van der Waals surface area contributed by atoms with Gasteiger partial charge in [-0.25, -0.2) is 0 Å². The molecule has 9 nitrogen and oxygen atoms in total. The lowest BCUT2D eigenvalue weighted by atomic mass is 9.91. The van der Waals surface area contributed by atoms with Crippen molar-refractivity contribution in [2.24, 2.45) is 5.92 Å². The lowest BCUT2D eigenvalue weighted by Gasteiger charge is -2.48. The Labute approximate surface area is 172 Å². The number of esters is 1. The highest BCUT2D eigenvalue weighted by molar-refractivity contribution is 5.66. The molecule has 10 atom stereocenters. The minimum atomic E-state index is -0.927. The second kappa shape index (κ2) is 8.37. The van der Waals surface area contributed by atoms with Crippen molar-refractivity contribution in [3.8, 4) is 0 Å². The van der Waals surface area contributed by atoms with Crippen LogP contribution in [0.25, 0.3) is 0 Å². The van der Waals surface area contributed by atoms with Gasteiger partial charge in [-0.1, -0.05) is 6.92 Å². The predicted molar refractivity (Wildman–Crippen MR) is 102 cm³/mol. The molecule has 0 bridgehead atoms. The molecule has 1 N–H and O–H groups in total. The maximum Gasteiger partial charge on any atom is 0.303 e. The Morgan fingerprint density at radius 1 is 1.03 bits per heavy atom. The smallest absolute Gasteiger partial charge is 0.303 e. The number of rotatable bonds is 4. The molecule has 0 aliphatic carbocycles. The number of hydrogen-bond donors (Lipinski definition) is 1. The summed E-state index contributed by atoms with van der Waals surface area (Å²) in [5.74, 6) is -1.47. The topological polar surface area (TPSA) is 95.9 Å². The number of ether oxygens (including phenoxy) is 6. The van der Waals surface area contributed by atoms with Crippen LogP contribution in [0.15, 0.2) is 0 Å². The van der Waals surface area contributed by atoms with Crippen LogP contribution in [0.3, 0.4) is 0 Å². The Morgan fingerprint density at radius 2 is 1.69 bits per heavy atom. The molecule has 168 valence electrons. The highest BCUT2D eigenvalue weighted by atomic mass is 16.8. The van der Waals surface area contributed by atoms with Gasteiger partial charge in [0.15, 0.2) is 24.5 Å². The predicted octanol–water partition coefficient (Wildman–Crippen LogP) is 0.872. The van der Waals surface area contributed by atoms with E-state index in [2.05, 4.69) is 0 Å². The Balaban J connectivity index is 1.84. The number of carbonyl (C=O) groups excluding carboxylic acids is 1. The Hall–Kier alpha value is -0.810. The molecule has 3 rings (SSSR count). The standard InChI is InChI=1S/C20H35NO8/c1-9-10(2)24-18(17(14(9)23)26-12(4)22)27-15-11(3)25-19-16(13(15)21(7)8)28-20(5,6)29-19/h9-11,13-19,23H,1-8H3/t9-,10-,11-,13?,14+,15-,16-,17-,18?,19+/m1/s1. The van der Waals surface area contributed by atoms with E-state index < -0.39 is 42.6 Å². The van der Waals surface area contributed by atoms with Crippen molar-refractivity contribution >= 4 is 5.97 Å². The maximum absolute atomic E-state index is 11.6. The van der Waals surface area contributed by atoms with Gasteiger partial charge in [-0.05, 0) is 41.8 Å². The normalized spacial score (nSPS) is 47.1. The minimum Gasteiger partial charge on any atom is -0.454 e. The van der Waals surface area contributed by atoms with Crippen molar-refractivity contribution < 1.29 is 38.3 Å². The summed E-state index contributed by atoms with van der Waals surface area (Å²) in [5.41, 5.74) is 0. The molecule has 2 unspecified atom stereocenters. The van der Waals surface area contributed by atoms with Crippen LogP contribution in [0, 0.1) is 5.92 Å². The highest BCUT2D eigenvalue weighted by Gasteiger charge is 2.56. The van der Waals surface area contributed by atoms with E-state index in [1.165, 1.54) is 6.92 Å². The van der Waals surface area contributed by atoms with Crippen LogP contribution in [0.1, 0.15) is 41.5 Å². The van der Waals surface area contributed by atoms with Crippen molar-refractivity contribution in [1.29, 1.82) is 0 Å². The lowest BCUT2D eigenvalue weighted by molar-refractivity contribution is -0.327. The number of carbonyl (C=O) groups is 1. The Morgan fingerprint density at radius 3 is 2.28 bits per heavy atom. The van der Waals surface area contributed by atoms with Gasteiger partial charge in [0.2, 0.25) is 0 Å². The van der Waals surface area contributed by atoms with Gasteiger partial charge in [-0.15, -0.1) is 0 Å². The molecular weight excluding hydrogens is 382 g/mol. The van der Waals surface area contributed by atoms with E-state index in [0.717, 1.165) is 0 Å². The molecule has 0 amide bonds. The second-order valence-corrected chi connectivity index (χ2v) is 9.00. The molecule has 0 aromatic heterocycles. The van der Waals surface area contributed by atoms with Crippen molar-refractivity contribution in [1.82, 2.24) is 4.90 Å². The Bertz CT molecular complexity index is 599. The third-order valence-corrected chi connectivity index (χ3v) is 6.00. The molecule has 0 aromatic carbocycles. The molecule has 9 heteroatoms. The zero-order chi connectivity index (χ0) is 21.7. The van der Waals surface area contributed by atoms with E-state index in [-0.39, 0.29) is 30.3 Å². The van der Waals surface area contributed by atoms with Gasteiger partial charge in [0, 0.05) is 12.8 Å². The van der Waals surface area contributed by atoms with Gasteiger partial charge >= 0.3 is 5.97 Å². The van der Waals surface area contributed by atoms with Gasteiger partial charge in [0.25, 0.3) is 0 Å². The van der Waals surface area contributed by atoms with Crippen LogP contribution < -0.4 is 0 Å². The van der Waals surface area contributed by atoms with Crippen LogP contribution in [-0.2, 0) is 33.2 Å². The van der Waals surface area contributed by atoms with E-state index in [0.29, 0.717) is 0 Å². The monoisotopic (exact) mass is 417 g/mol. The van der Waals surface area contributed by atoms with Gasteiger partial charge in [0.1, 0.15) is 18.3 Å². The summed E-state index contributed by atoms with van der Waals surface area (Å²) in [5, 5.41) is 10.7. The van der Waals surface area contributed by atoms with E-state index in [1.807, 2.05) is 53.6 Å². The molecule has 3 heterocycles. The fourth-order valence-corrected chi connectivity index (χ4v) is 4.36. The summed E-state index contributed by atoms with van der Waals surface area (Å²) in [6.07, 6.45) is -4.69. The Kier molecular flexibility index (Phi) is 6.60. The first-order chi connectivity index (χ1) is 13.4. The lowest BCUT2D eigenvalue weighted by Crippen LogP contribution is -2.64. The number of fused-ring (bicyclic) bond motifs is 1. The van der Waals surface area contributed by atoms with Crippen LogP contribution in [-0.4, -0.2) is 91.1 Å². The van der Waals surface area contributed by atoms with E-state index in [9.17, 15) is 9.90 Å². The van der Waals surface area contributed by atoms with E-state index >= 15 is 0 Å². The first-order valence-corrected chi connectivity index (χ1v) is 10.2. The molecule has 0 saturated carbocycles. The van der Waals surface area contributed by atoms with Crippen LogP contribution >= 0.6 is 0 Å². The third kappa shape index (κ3) is 4.61. The molecule has 29 heavy (non-hydrogen) atoms. The fraction of sp³-hybridized carbons (Fsp3) is 0.950. The fourth-order valence-electron chi connectivity index (χ4n) is 4.36. The van der Waals surface area contributed by atoms with Gasteiger partial charge < -0.3 is 38.4 Å². The zero-order valence-corrected chi connectivity index (χ0v) is 18.5. The van der Waals surface area contributed by atoms with Crippen LogP contribution in [0.4, 0.5) is 0 Å². The molecular formula is C20H35NO8. The zero-order valence-electron chi connectivity index (χ0n) is 18.5. The van der Waals surface area contributed by atoms with Crippen molar-refractivity contribution in [2.45, 2.75) is 103 Å². The average molecular weight is 417 g/mol. The third-order valence-electron chi connectivity index (χ3n) is 6.00. The second-order valence-electron chi connectivity index (χ2n) is 9.00. The number of hydrogen-bond acceptors (Lipinski definition) is 9. The van der Waals surface area contributed by atoms with Gasteiger partial charge in [0.05, 0.1) is 18.2 Å². The van der Waals surface area contributed by atoms with Crippen LogP contribution in [0.2, 0.25) is 0 Å². The minimum absolute atomic E-state index is 0.195. The maximum atomic E-state index is 11.6. The van der Waals surface area contributed by atoms with Gasteiger partial charge in [-0.2, -0.15) is 0 Å². The quantitative estimate of drug-likeness (QED) is 0.669. The molecule has 3 aliphatic heterocycles. The molecule has 0 radical (unpaired) electrons. The SMILES string of the molecule is CC(=O)O[C@H]1C(O[C@H]2C(N(C)C)[C@H]3OC(C)(C)O[C@@H]3O[C@@H]2C)O[C@H](C)[C@@H](C)[C@@H]1O. The first-order valence-electron chi connectivity index (χ1n) is 10.2. The number of aliphatic hydroxyl groups is 1. The van der Waals surface area contributed by atoms with Crippen molar-refractivity contribution in [3.63, 3.8) is 0 Å². The summed E-state index contributed by atoms with van der Waals surface area (Å²) in [6, 6.07) is -0.195. The summed E-state index contributed by atoms with van der Waals surface area (Å²) in [6.45, 7) is 10.6. The molecule has 3 aliphatic rings. The van der Waals surface area contributed by atoms with Crippen molar-refractivity contribution in [3.05, 3.63) is 0 Å². The number of aliphatic hydroxyl groups excluding tert-OH is 1. The van der Waals surface area contributed by atoms with E-state index in [4.69, 9.17) is 28.4 Å². The molecule has 0 aromatic rings. The summed E-state index contributed by atoms with van der Waals surface area (Å²) in [7, 11) is 3.88. The number of likely N-dealkylation sites (N-methyl/N-ethyl adjacent to an activating group) is 1. The van der Waals surface area contributed by atoms with Crippen molar-refractivity contribution in [2.75, 3.05) is 14.1 Å². The first kappa shape index (κ1) is 22.9. The molecule has 3 fully saturated rings. The largest absolute Gasteiger partial charge is 0.454 e.